The van der Waals surface area contributed by atoms with Crippen LogP contribution in [0.25, 0.3) is 0 Å². The van der Waals surface area contributed by atoms with Gasteiger partial charge in [0.05, 0.1) is 4.34 Å². The van der Waals surface area contributed by atoms with Gasteiger partial charge >= 0.3 is 0 Å². The molecule has 0 aromatic carbocycles. The van der Waals surface area contributed by atoms with E-state index >= 15 is 0 Å². The van der Waals surface area contributed by atoms with Gasteiger partial charge in [-0.05, 0) is 45.0 Å². The van der Waals surface area contributed by atoms with Crippen LogP contribution in [0.15, 0.2) is 12.1 Å². The highest BCUT2D eigenvalue weighted by Gasteiger charge is 2.17. The molecule has 1 unspecified atom stereocenters. The third kappa shape index (κ3) is 3.45. The van der Waals surface area contributed by atoms with Crippen molar-refractivity contribution in [1.29, 1.82) is 0 Å². The Bertz CT molecular complexity index is 321. The van der Waals surface area contributed by atoms with Gasteiger partial charge in [-0.3, -0.25) is 0 Å². The minimum atomic E-state index is 0.712. The van der Waals surface area contributed by atoms with Crippen molar-refractivity contribution in [3.05, 3.63) is 21.3 Å². The summed E-state index contributed by atoms with van der Waals surface area (Å²) in [6, 6.07) is 4.84. The first-order chi connectivity index (χ1) is 7.75. The number of nitrogens with one attached hydrogen (secondary N) is 1. The highest BCUT2D eigenvalue weighted by molar-refractivity contribution is 7.16. The second-order valence-corrected chi connectivity index (χ2v) is 6.24. The average molecular weight is 259 g/mol. The van der Waals surface area contributed by atoms with Crippen molar-refractivity contribution < 1.29 is 0 Å². The van der Waals surface area contributed by atoms with E-state index in [2.05, 4.69) is 23.3 Å². The van der Waals surface area contributed by atoms with Crippen LogP contribution in [-0.4, -0.2) is 37.6 Å². The lowest BCUT2D eigenvalue weighted by atomic mass is 10.1. The van der Waals surface area contributed by atoms with E-state index in [1.54, 1.807) is 11.3 Å². The van der Waals surface area contributed by atoms with E-state index in [1.165, 1.54) is 24.3 Å². The summed E-state index contributed by atoms with van der Waals surface area (Å²) in [7, 11) is 2.23. The lowest BCUT2D eigenvalue weighted by molar-refractivity contribution is 0.205. The molecular weight excluding hydrogens is 240 g/mol. The van der Waals surface area contributed by atoms with Crippen molar-refractivity contribution in [2.75, 3.05) is 26.7 Å². The molecule has 2 rings (SSSR count). The van der Waals surface area contributed by atoms with E-state index in [0.29, 0.717) is 6.04 Å². The Kier molecular flexibility index (Phi) is 4.65. The highest BCUT2D eigenvalue weighted by Crippen LogP contribution is 2.22. The number of nitrogens with zero attached hydrogens (tertiary/aromatic N) is 1. The average Bonchev–Trinajstić information content (AvgIpc) is 2.73. The van der Waals surface area contributed by atoms with E-state index in [-0.39, 0.29) is 0 Å². The van der Waals surface area contributed by atoms with Crippen LogP contribution < -0.4 is 5.32 Å². The zero-order valence-electron chi connectivity index (χ0n) is 9.71. The molecule has 90 valence electrons. The van der Waals surface area contributed by atoms with Gasteiger partial charge in [0.15, 0.2) is 0 Å². The Morgan fingerprint density at radius 2 is 2.44 bits per heavy atom. The Morgan fingerprint density at radius 3 is 3.06 bits per heavy atom. The van der Waals surface area contributed by atoms with Crippen molar-refractivity contribution in [3.8, 4) is 0 Å². The van der Waals surface area contributed by atoms with Crippen LogP contribution in [-0.2, 0) is 6.42 Å². The molecule has 0 saturated carbocycles. The fourth-order valence-electron chi connectivity index (χ4n) is 2.16. The molecule has 0 bridgehead atoms. The molecule has 1 atom stereocenters. The zero-order chi connectivity index (χ0) is 11.4. The van der Waals surface area contributed by atoms with Gasteiger partial charge in [0.25, 0.3) is 0 Å². The SMILES string of the molecule is CN(CCc1ccc(Cl)s1)C1CCCNC1. The third-order valence-corrected chi connectivity index (χ3v) is 4.52. The van der Waals surface area contributed by atoms with Gasteiger partial charge in [-0.2, -0.15) is 0 Å². The smallest absolute Gasteiger partial charge is 0.0931 e. The lowest BCUT2D eigenvalue weighted by Crippen LogP contribution is -2.44. The minimum Gasteiger partial charge on any atom is -0.315 e. The Balaban J connectivity index is 1.76. The number of halogens is 1. The first-order valence-corrected chi connectivity index (χ1v) is 7.10. The van der Waals surface area contributed by atoms with E-state index in [9.17, 15) is 0 Å². The maximum Gasteiger partial charge on any atom is 0.0931 e. The van der Waals surface area contributed by atoms with Crippen molar-refractivity contribution in [2.24, 2.45) is 0 Å². The molecule has 1 fully saturated rings. The number of hydrogen-bond donors (Lipinski definition) is 1. The lowest BCUT2D eigenvalue weighted by Gasteiger charge is -2.31. The number of hydrogen-bond acceptors (Lipinski definition) is 3. The molecule has 0 amide bonds. The van der Waals surface area contributed by atoms with Crippen LogP contribution in [0.5, 0.6) is 0 Å². The summed E-state index contributed by atoms with van der Waals surface area (Å²) < 4.78 is 0.900. The monoisotopic (exact) mass is 258 g/mol. The van der Waals surface area contributed by atoms with Crippen LogP contribution in [0.3, 0.4) is 0 Å². The summed E-state index contributed by atoms with van der Waals surface area (Å²) in [6.07, 6.45) is 3.75. The summed E-state index contributed by atoms with van der Waals surface area (Å²) in [4.78, 5) is 3.86. The molecule has 0 radical (unpaired) electrons. The summed E-state index contributed by atoms with van der Waals surface area (Å²) >= 11 is 7.62. The van der Waals surface area contributed by atoms with Crippen LogP contribution in [0.4, 0.5) is 0 Å². The maximum atomic E-state index is 5.92. The fourth-order valence-corrected chi connectivity index (χ4v) is 3.24. The van der Waals surface area contributed by atoms with Crippen molar-refractivity contribution in [1.82, 2.24) is 10.2 Å². The molecule has 16 heavy (non-hydrogen) atoms. The van der Waals surface area contributed by atoms with Gasteiger partial charge in [0.2, 0.25) is 0 Å². The standard InChI is InChI=1S/C12H19ClN2S/c1-15(10-3-2-7-14-9-10)8-6-11-4-5-12(13)16-11/h4-5,10,14H,2-3,6-9H2,1H3. The molecule has 2 heterocycles. The van der Waals surface area contributed by atoms with Gasteiger partial charge in [0, 0.05) is 24.0 Å². The van der Waals surface area contributed by atoms with Crippen LogP contribution in [0.1, 0.15) is 17.7 Å². The summed E-state index contributed by atoms with van der Waals surface area (Å²) in [5.74, 6) is 0. The Morgan fingerprint density at radius 1 is 1.56 bits per heavy atom. The second kappa shape index (κ2) is 6.01. The first-order valence-electron chi connectivity index (χ1n) is 5.91. The molecule has 1 aromatic rings. The quantitative estimate of drug-likeness (QED) is 0.893. The predicted molar refractivity (Wildman–Crippen MR) is 71.6 cm³/mol. The number of likely N-dealkylation sites (N-methyl/N-ethyl adjacent to an activating group) is 1. The molecule has 0 aliphatic carbocycles. The molecule has 1 aromatic heterocycles. The fraction of sp³-hybridized carbons (Fsp3) is 0.667. The van der Waals surface area contributed by atoms with Crippen molar-refractivity contribution in [3.63, 3.8) is 0 Å². The van der Waals surface area contributed by atoms with Gasteiger partial charge in [0.1, 0.15) is 0 Å². The number of rotatable bonds is 4. The normalized spacial score (nSPS) is 21.6. The van der Waals surface area contributed by atoms with Crippen LogP contribution in [0, 0.1) is 0 Å². The van der Waals surface area contributed by atoms with E-state index in [4.69, 9.17) is 11.6 Å². The van der Waals surface area contributed by atoms with Gasteiger partial charge < -0.3 is 10.2 Å². The van der Waals surface area contributed by atoms with Crippen LogP contribution in [0.2, 0.25) is 4.34 Å². The minimum absolute atomic E-state index is 0.712. The number of piperidine rings is 1. The molecule has 1 saturated heterocycles. The van der Waals surface area contributed by atoms with Gasteiger partial charge in [-0.25, -0.2) is 0 Å². The van der Waals surface area contributed by atoms with Crippen molar-refractivity contribution in [2.45, 2.75) is 25.3 Å². The highest BCUT2D eigenvalue weighted by atomic mass is 35.5. The third-order valence-electron chi connectivity index (χ3n) is 3.23. The topological polar surface area (TPSA) is 15.3 Å². The Labute approximate surface area is 107 Å². The summed E-state index contributed by atoms with van der Waals surface area (Å²) in [6.45, 7) is 3.45. The molecule has 2 nitrogen and oxygen atoms in total. The maximum absolute atomic E-state index is 5.92. The van der Waals surface area contributed by atoms with Gasteiger partial charge in [-0.1, -0.05) is 11.6 Å². The van der Waals surface area contributed by atoms with Gasteiger partial charge in [-0.15, -0.1) is 11.3 Å². The molecular formula is C12H19ClN2S. The van der Waals surface area contributed by atoms with Crippen LogP contribution >= 0.6 is 22.9 Å². The van der Waals surface area contributed by atoms with E-state index in [0.717, 1.165) is 23.8 Å². The first kappa shape index (κ1) is 12.4. The van der Waals surface area contributed by atoms with Crippen molar-refractivity contribution >= 4 is 22.9 Å². The zero-order valence-corrected chi connectivity index (χ0v) is 11.3. The Hall–Kier alpha value is -0.0900. The molecule has 4 heteroatoms. The summed E-state index contributed by atoms with van der Waals surface area (Å²) in [5, 5.41) is 3.46. The van der Waals surface area contributed by atoms with E-state index < -0.39 is 0 Å². The molecule has 1 N–H and O–H groups in total. The summed E-state index contributed by atoms with van der Waals surface area (Å²) in [5.41, 5.74) is 0. The molecule has 1 aliphatic heterocycles. The number of thiophene rings is 1. The molecule has 0 spiro atoms. The van der Waals surface area contributed by atoms with E-state index in [1.807, 2.05) is 6.07 Å². The molecule has 1 aliphatic rings. The second-order valence-electron chi connectivity index (χ2n) is 4.44. The largest absolute Gasteiger partial charge is 0.315 e. The predicted octanol–water partition coefficient (Wildman–Crippen LogP) is 2.63.